The van der Waals surface area contributed by atoms with Gasteiger partial charge in [-0.25, -0.2) is 0 Å². The Morgan fingerprint density at radius 1 is 1.14 bits per heavy atom. The molecule has 28 heavy (non-hydrogen) atoms. The van der Waals surface area contributed by atoms with Crippen LogP contribution < -0.4 is 0 Å². The molecule has 0 aliphatic heterocycles. The quantitative estimate of drug-likeness (QED) is 0.428. The number of aromatic nitrogens is 2. The Hall–Kier alpha value is -1.84. The van der Waals surface area contributed by atoms with Crippen LogP contribution in [0, 0.1) is 0 Å². The average molecular weight is 415 g/mol. The van der Waals surface area contributed by atoms with E-state index >= 15 is 0 Å². The molecule has 1 unspecified atom stereocenters. The average Bonchev–Trinajstić information content (AvgIpc) is 2.89. The Morgan fingerprint density at radius 2 is 2.04 bits per heavy atom. The summed E-state index contributed by atoms with van der Waals surface area (Å²) in [4.78, 5) is 11.7. The number of carbonyl (C=O) groups excluding carboxylic acids is 1. The van der Waals surface area contributed by atoms with Crippen LogP contribution in [0.1, 0.15) is 65.3 Å². The number of aldehydes is 1. The molecular weight excluding hydrogens is 391 g/mol. The van der Waals surface area contributed by atoms with Crippen molar-refractivity contribution in [1.82, 2.24) is 9.78 Å². The van der Waals surface area contributed by atoms with Crippen LogP contribution in [0.4, 0.5) is 0 Å². The second-order valence-corrected chi connectivity index (χ2v) is 8.66. The Bertz CT molecular complexity index is 942. The third-order valence-corrected chi connectivity index (χ3v) is 6.31. The number of hydrogen-bond acceptors (Lipinski definition) is 2. The lowest BCUT2D eigenvalue weighted by Crippen LogP contribution is -2.14. The fraction of sp³-hybridized carbons (Fsp3) is 0.391. The molecule has 2 aromatic rings. The topological polar surface area (TPSA) is 34.9 Å². The van der Waals surface area contributed by atoms with E-state index in [4.69, 9.17) is 28.3 Å². The molecule has 5 heteroatoms. The van der Waals surface area contributed by atoms with Crippen molar-refractivity contribution in [1.29, 1.82) is 0 Å². The summed E-state index contributed by atoms with van der Waals surface area (Å²) in [7, 11) is 0. The highest BCUT2D eigenvalue weighted by Crippen LogP contribution is 2.36. The summed E-state index contributed by atoms with van der Waals surface area (Å²) in [5, 5.41) is 6.37. The van der Waals surface area contributed by atoms with Crippen molar-refractivity contribution < 1.29 is 4.79 Å². The van der Waals surface area contributed by atoms with Crippen LogP contribution in [0.2, 0.25) is 5.02 Å². The van der Waals surface area contributed by atoms with E-state index in [0.717, 1.165) is 67.0 Å². The van der Waals surface area contributed by atoms with Crippen LogP contribution in [0.25, 0.3) is 0 Å². The van der Waals surface area contributed by atoms with E-state index in [1.165, 1.54) is 23.3 Å². The zero-order valence-corrected chi connectivity index (χ0v) is 17.3. The van der Waals surface area contributed by atoms with Gasteiger partial charge < -0.3 is 0 Å². The summed E-state index contributed by atoms with van der Waals surface area (Å²) in [5.74, 6) is 0.348. The van der Waals surface area contributed by atoms with E-state index in [1.54, 1.807) is 0 Å². The van der Waals surface area contributed by atoms with Crippen LogP contribution in [0.3, 0.4) is 0 Å². The molecule has 0 amide bonds. The molecule has 0 spiro atoms. The monoisotopic (exact) mass is 414 g/mol. The summed E-state index contributed by atoms with van der Waals surface area (Å²) >= 11 is 12.3. The lowest BCUT2D eigenvalue weighted by Gasteiger charge is -2.20. The summed E-state index contributed by atoms with van der Waals surface area (Å²) in [6, 6.07) is 8.09. The van der Waals surface area contributed by atoms with Gasteiger partial charge in [-0.15, -0.1) is 0 Å². The van der Waals surface area contributed by atoms with Gasteiger partial charge in [-0.1, -0.05) is 47.8 Å². The van der Waals surface area contributed by atoms with Crippen molar-refractivity contribution in [2.24, 2.45) is 0 Å². The van der Waals surface area contributed by atoms with Gasteiger partial charge in [0.15, 0.2) is 6.29 Å². The molecule has 1 aromatic carbocycles. The molecule has 0 saturated carbocycles. The largest absolute Gasteiger partial charge is 0.296 e. The van der Waals surface area contributed by atoms with Crippen molar-refractivity contribution in [3.05, 3.63) is 74.6 Å². The molecule has 0 fully saturated rings. The number of fused-ring (bicyclic) bond motifs is 1. The van der Waals surface area contributed by atoms with Crippen molar-refractivity contribution in [3.63, 3.8) is 0 Å². The molecule has 0 bridgehead atoms. The van der Waals surface area contributed by atoms with Gasteiger partial charge >= 0.3 is 0 Å². The van der Waals surface area contributed by atoms with E-state index in [0.29, 0.717) is 11.6 Å². The molecule has 0 saturated heterocycles. The first-order chi connectivity index (χ1) is 13.6. The van der Waals surface area contributed by atoms with Gasteiger partial charge in [0.05, 0.1) is 6.54 Å². The van der Waals surface area contributed by atoms with Gasteiger partial charge in [0, 0.05) is 27.2 Å². The highest BCUT2D eigenvalue weighted by Gasteiger charge is 2.27. The maximum absolute atomic E-state index is 11.7. The van der Waals surface area contributed by atoms with Gasteiger partial charge in [-0.05, 0) is 67.9 Å². The van der Waals surface area contributed by atoms with E-state index in [-0.39, 0.29) is 0 Å². The molecule has 2 aliphatic rings. The molecule has 1 aromatic heterocycles. The predicted octanol–water partition coefficient (Wildman–Crippen LogP) is 6.24. The molecular formula is C23H24Cl2N2O. The van der Waals surface area contributed by atoms with E-state index in [2.05, 4.69) is 16.8 Å². The van der Waals surface area contributed by atoms with Crippen LogP contribution in [0.5, 0.6) is 0 Å². The maximum atomic E-state index is 11.7. The van der Waals surface area contributed by atoms with Gasteiger partial charge in [-0.2, -0.15) is 5.10 Å². The summed E-state index contributed by atoms with van der Waals surface area (Å²) in [5.41, 5.74) is 5.53. The maximum Gasteiger partial charge on any atom is 0.170 e. The van der Waals surface area contributed by atoms with E-state index in [9.17, 15) is 4.79 Å². The third kappa shape index (κ3) is 4.26. The molecule has 0 radical (unpaired) electrons. The van der Waals surface area contributed by atoms with Gasteiger partial charge in [0.1, 0.15) is 5.69 Å². The second-order valence-electron chi connectivity index (χ2n) is 7.74. The first kappa shape index (κ1) is 19.5. The van der Waals surface area contributed by atoms with Gasteiger partial charge in [-0.3, -0.25) is 9.48 Å². The van der Waals surface area contributed by atoms with E-state index in [1.807, 2.05) is 24.3 Å². The molecule has 0 N–H and O–H groups in total. The SMILES string of the molecule is O=Cc1nn(CC2=CC=C(Cl)CC2)c2c1CCCCC2Cc1cccc(Cl)c1. The number of hydrogen-bond donors (Lipinski definition) is 0. The smallest absolute Gasteiger partial charge is 0.170 e. The molecule has 1 atom stereocenters. The summed E-state index contributed by atoms with van der Waals surface area (Å²) in [6.07, 6.45) is 12.0. The molecule has 1 heterocycles. The van der Waals surface area contributed by atoms with Crippen molar-refractivity contribution in [2.75, 3.05) is 0 Å². The molecule has 2 aliphatic carbocycles. The first-order valence-electron chi connectivity index (χ1n) is 9.97. The third-order valence-electron chi connectivity index (χ3n) is 5.76. The zero-order chi connectivity index (χ0) is 19.5. The number of nitrogens with zero attached hydrogens (tertiary/aromatic N) is 2. The molecule has 4 rings (SSSR count). The van der Waals surface area contributed by atoms with Crippen molar-refractivity contribution >= 4 is 29.5 Å². The Balaban J connectivity index is 1.70. The minimum Gasteiger partial charge on any atom is -0.296 e. The normalized spacial score (nSPS) is 19.4. The highest BCUT2D eigenvalue weighted by molar-refractivity contribution is 6.30. The van der Waals surface area contributed by atoms with Crippen molar-refractivity contribution in [3.8, 4) is 0 Å². The van der Waals surface area contributed by atoms with Crippen LogP contribution in [-0.2, 0) is 19.4 Å². The van der Waals surface area contributed by atoms with Crippen molar-refractivity contribution in [2.45, 2.75) is 57.4 Å². The minimum absolute atomic E-state index is 0.348. The lowest BCUT2D eigenvalue weighted by atomic mass is 9.91. The Morgan fingerprint density at radius 3 is 2.79 bits per heavy atom. The number of rotatable bonds is 5. The van der Waals surface area contributed by atoms with Crippen LogP contribution in [-0.4, -0.2) is 16.1 Å². The van der Waals surface area contributed by atoms with Gasteiger partial charge in [0.25, 0.3) is 0 Å². The fourth-order valence-corrected chi connectivity index (χ4v) is 4.79. The van der Waals surface area contributed by atoms with Crippen LogP contribution in [0.15, 0.2) is 47.0 Å². The first-order valence-corrected chi connectivity index (χ1v) is 10.7. The number of carbonyl (C=O) groups is 1. The Labute approximate surface area is 176 Å². The summed E-state index contributed by atoms with van der Waals surface area (Å²) in [6.45, 7) is 0.725. The minimum atomic E-state index is 0.348. The molecule has 146 valence electrons. The fourth-order valence-electron chi connectivity index (χ4n) is 4.42. The number of halogens is 2. The zero-order valence-electron chi connectivity index (χ0n) is 15.8. The van der Waals surface area contributed by atoms with E-state index < -0.39 is 0 Å². The summed E-state index contributed by atoms with van der Waals surface area (Å²) < 4.78 is 2.08. The highest BCUT2D eigenvalue weighted by atomic mass is 35.5. The Kier molecular flexibility index (Phi) is 6.03. The molecule has 3 nitrogen and oxygen atoms in total. The predicted molar refractivity (Wildman–Crippen MR) is 114 cm³/mol. The number of benzene rings is 1. The standard InChI is InChI=1S/C23H24Cl2N2O/c24-19-10-8-16(9-11-19)14-27-23-18(12-17-4-3-6-20(25)13-17)5-1-2-7-21(23)22(15-28)26-27/h3-4,6,8,10,13,15,18H,1-2,5,7,9,11-12,14H2. The lowest BCUT2D eigenvalue weighted by molar-refractivity contribution is 0.111. The number of allylic oxidation sites excluding steroid dienone is 4. The van der Waals surface area contributed by atoms with Crippen LogP contribution >= 0.6 is 23.2 Å². The van der Waals surface area contributed by atoms with Gasteiger partial charge in [0.2, 0.25) is 0 Å². The second kappa shape index (κ2) is 8.67.